The Kier molecular flexibility index (Phi) is 5.80. The first-order valence-electron chi connectivity index (χ1n) is 9.29. The fraction of sp³-hybridized carbons (Fsp3) is 0.333. The zero-order valence-corrected chi connectivity index (χ0v) is 16.9. The molecular weight excluding hydrogens is 396 g/mol. The van der Waals surface area contributed by atoms with E-state index in [0.717, 1.165) is 53.3 Å². The maximum Gasteiger partial charge on any atom is 0.341 e. The Hall–Kier alpha value is -2.15. The highest BCUT2D eigenvalue weighted by Crippen LogP contribution is 2.35. The maximum atomic E-state index is 10.7. The highest BCUT2D eigenvalue weighted by Gasteiger charge is 2.23. The predicted molar refractivity (Wildman–Crippen MR) is 111 cm³/mol. The molecule has 0 bridgehead atoms. The van der Waals surface area contributed by atoms with Crippen LogP contribution in [-0.4, -0.2) is 40.7 Å². The van der Waals surface area contributed by atoms with Gasteiger partial charge < -0.3 is 9.84 Å². The topological polar surface area (TPSA) is 62.7 Å². The van der Waals surface area contributed by atoms with Crippen LogP contribution in [0.25, 0.3) is 10.2 Å². The summed E-state index contributed by atoms with van der Waals surface area (Å²) in [6.45, 7) is 2.55. The first kappa shape index (κ1) is 19.2. The molecule has 0 radical (unpaired) electrons. The Labute approximate surface area is 172 Å². The van der Waals surface area contributed by atoms with Crippen LogP contribution in [0.15, 0.2) is 42.5 Å². The molecule has 0 amide bonds. The summed E-state index contributed by atoms with van der Waals surface area (Å²) in [7, 11) is 0. The van der Waals surface area contributed by atoms with Gasteiger partial charge in [-0.05, 0) is 61.8 Å². The van der Waals surface area contributed by atoms with Crippen LogP contribution in [0.3, 0.4) is 0 Å². The summed E-state index contributed by atoms with van der Waals surface area (Å²) in [4.78, 5) is 17.9. The number of hydrogen-bond acceptors (Lipinski definition) is 5. The van der Waals surface area contributed by atoms with Gasteiger partial charge in [-0.2, -0.15) is 0 Å². The van der Waals surface area contributed by atoms with Gasteiger partial charge in [0.2, 0.25) is 0 Å². The van der Waals surface area contributed by atoms with Gasteiger partial charge in [-0.3, -0.25) is 4.90 Å². The molecule has 3 aromatic rings. The number of aromatic nitrogens is 1. The average molecular weight is 417 g/mol. The van der Waals surface area contributed by atoms with Crippen molar-refractivity contribution in [2.24, 2.45) is 0 Å². The van der Waals surface area contributed by atoms with Gasteiger partial charge in [-0.25, -0.2) is 9.78 Å². The molecule has 4 rings (SSSR count). The van der Waals surface area contributed by atoms with E-state index < -0.39 is 5.97 Å². The van der Waals surface area contributed by atoms with Crippen molar-refractivity contribution in [2.45, 2.75) is 25.3 Å². The molecule has 0 unspecified atom stereocenters. The van der Waals surface area contributed by atoms with Crippen molar-refractivity contribution in [3.63, 3.8) is 0 Å². The smallest absolute Gasteiger partial charge is 0.341 e. The molecule has 0 spiro atoms. The van der Waals surface area contributed by atoms with Gasteiger partial charge in [-0.15, -0.1) is 11.3 Å². The zero-order valence-electron chi connectivity index (χ0n) is 15.3. The first-order valence-corrected chi connectivity index (χ1v) is 10.5. The first-order chi connectivity index (χ1) is 13.6. The number of carbonyl (C=O) groups is 1. The van der Waals surface area contributed by atoms with E-state index >= 15 is 0 Å². The van der Waals surface area contributed by atoms with Gasteiger partial charge in [0, 0.05) is 17.5 Å². The molecule has 0 saturated carbocycles. The number of hydrogen-bond donors (Lipinski definition) is 1. The molecule has 7 heteroatoms. The lowest BCUT2D eigenvalue weighted by molar-refractivity contribution is -0.139. The Morgan fingerprint density at radius 1 is 1.25 bits per heavy atom. The van der Waals surface area contributed by atoms with Gasteiger partial charge in [0.25, 0.3) is 0 Å². The van der Waals surface area contributed by atoms with Crippen molar-refractivity contribution < 1.29 is 14.6 Å². The standard InChI is InChI=1S/C21H21ClN2O3S/c22-16-4-5-18-19(11-16)28-21(23-18)15-6-8-24(9-7-15)12-14-2-1-3-17(10-14)27-13-20(25)26/h1-5,10-11,15H,6-9,12-13H2,(H,25,26). The fourth-order valence-corrected chi connectivity index (χ4v) is 4.98. The molecule has 146 valence electrons. The summed E-state index contributed by atoms with van der Waals surface area (Å²) in [6, 6.07) is 13.6. The number of piperidine rings is 1. The predicted octanol–water partition coefficient (Wildman–Crippen LogP) is 4.79. The lowest BCUT2D eigenvalue weighted by Crippen LogP contribution is -2.32. The van der Waals surface area contributed by atoms with Crippen LogP contribution in [-0.2, 0) is 11.3 Å². The summed E-state index contributed by atoms with van der Waals surface area (Å²) in [5.74, 6) is 0.130. The molecule has 0 aliphatic carbocycles. The van der Waals surface area contributed by atoms with Crippen molar-refractivity contribution in [3.8, 4) is 5.75 Å². The quantitative estimate of drug-likeness (QED) is 0.625. The Balaban J connectivity index is 1.35. The van der Waals surface area contributed by atoms with Crippen LogP contribution in [0.5, 0.6) is 5.75 Å². The molecule has 5 nitrogen and oxygen atoms in total. The number of benzene rings is 2. The monoisotopic (exact) mass is 416 g/mol. The van der Waals surface area contributed by atoms with E-state index in [2.05, 4.69) is 11.0 Å². The minimum Gasteiger partial charge on any atom is -0.482 e. The van der Waals surface area contributed by atoms with Gasteiger partial charge in [0.05, 0.1) is 15.2 Å². The second kappa shape index (κ2) is 8.47. The fourth-order valence-electron chi connectivity index (χ4n) is 3.57. The van der Waals surface area contributed by atoms with Crippen LogP contribution in [0.2, 0.25) is 5.02 Å². The number of carboxylic acid groups (broad SMARTS) is 1. The molecule has 1 aliphatic rings. The molecule has 1 N–H and O–H groups in total. The third-order valence-corrected chi connectivity index (χ3v) is 6.39. The number of nitrogens with zero attached hydrogens (tertiary/aromatic N) is 2. The largest absolute Gasteiger partial charge is 0.482 e. The molecule has 28 heavy (non-hydrogen) atoms. The Morgan fingerprint density at radius 3 is 2.86 bits per heavy atom. The molecule has 0 atom stereocenters. The normalized spacial score (nSPS) is 15.8. The number of rotatable bonds is 6. The second-order valence-electron chi connectivity index (χ2n) is 7.04. The summed E-state index contributed by atoms with van der Waals surface area (Å²) >= 11 is 7.84. The lowest BCUT2D eigenvalue weighted by atomic mass is 9.97. The van der Waals surface area contributed by atoms with Crippen LogP contribution in [0.1, 0.15) is 29.3 Å². The van der Waals surface area contributed by atoms with Gasteiger partial charge >= 0.3 is 5.97 Å². The van der Waals surface area contributed by atoms with Gasteiger partial charge in [0.1, 0.15) is 5.75 Å². The SMILES string of the molecule is O=C(O)COc1cccc(CN2CCC(c3nc4ccc(Cl)cc4s3)CC2)c1. The van der Waals surface area contributed by atoms with Crippen LogP contribution >= 0.6 is 22.9 Å². The number of aliphatic carboxylic acids is 1. The van der Waals surface area contributed by atoms with Crippen LogP contribution in [0.4, 0.5) is 0 Å². The molecule has 1 saturated heterocycles. The number of thiazole rings is 1. The van der Waals surface area contributed by atoms with Crippen molar-refractivity contribution in [2.75, 3.05) is 19.7 Å². The molecule has 2 heterocycles. The van der Waals surface area contributed by atoms with E-state index in [4.69, 9.17) is 26.4 Å². The summed E-state index contributed by atoms with van der Waals surface area (Å²) in [5, 5.41) is 10.7. The van der Waals surface area contributed by atoms with Crippen molar-refractivity contribution >= 4 is 39.1 Å². The number of halogens is 1. The summed E-state index contributed by atoms with van der Waals surface area (Å²) in [6.07, 6.45) is 2.17. The average Bonchev–Trinajstić information content (AvgIpc) is 3.10. The minimum atomic E-state index is -0.968. The molecule has 2 aromatic carbocycles. The Morgan fingerprint density at radius 2 is 2.07 bits per heavy atom. The molecule has 1 fully saturated rings. The van der Waals surface area contributed by atoms with Gasteiger partial charge in [0.15, 0.2) is 6.61 Å². The van der Waals surface area contributed by atoms with E-state index in [1.807, 2.05) is 30.3 Å². The van der Waals surface area contributed by atoms with E-state index in [0.29, 0.717) is 11.7 Å². The van der Waals surface area contributed by atoms with E-state index in [1.165, 1.54) is 5.01 Å². The van der Waals surface area contributed by atoms with Crippen molar-refractivity contribution in [1.82, 2.24) is 9.88 Å². The Bertz CT molecular complexity index is 983. The third-order valence-electron chi connectivity index (χ3n) is 4.97. The number of likely N-dealkylation sites (tertiary alicyclic amines) is 1. The van der Waals surface area contributed by atoms with Gasteiger partial charge in [-0.1, -0.05) is 23.7 Å². The van der Waals surface area contributed by atoms with E-state index in [-0.39, 0.29) is 6.61 Å². The highest BCUT2D eigenvalue weighted by molar-refractivity contribution is 7.18. The number of fused-ring (bicyclic) bond motifs is 1. The number of ether oxygens (including phenoxy) is 1. The highest BCUT2D eigenvalue weighted by atomic mass is 35.5. The number of carboxylic acids is 1. The maximum absolute atomic E-state index is 10.7. The summed E-state index contributed by atoms with van der Waals surface area (Å²) in [5.41, 5.74) is 2.17. The molecular formula is C21H21ClN2O3S. The van der Waals surface area contributed by atoms with Crippen molar-refractivity contribution in [1.29, 1.82) is 0 Å². The van der Waals surface area contributed by atoms with E-state index in [9.17, 15) is 4.79 Å². The van der Waals surface area contributed by atoms with Crippen LogP contribution in [0, 0.1) is 0 Å². The third kappa shape index (κ3) is 4.63. The second-order valence-corrected chi connectivity index (χ2v) is 8.54. The minimum absolute atomic E-state index is 0.317. The molecule has 1 aliphatic heterocycles. The lowest BCUT2D eigenvalue weighted by Gasteiger charge is -2.31. The van der Waals surface area contributed by atoms with E-state index in [1.54, 1.807) is 17.4 Å². The van der Waals surface area contributed by atoms with Crippen LogP contribution < -0.4 is 4.74 Å². The summed E-state index contributed by atoms with van der Waals surface area (Å²) < 4.78 is 6.43. The van der Waals surface area contributed by atoms with Crippen molar-refractivity contribution in [3.05, 3.63) is 58.1 Å². The zero-order chi connectivity index (χ0) is 19.5. The molecule has 1 aromatic heterocycles.